The zero-order chi connectivity index (χ0) is 13.5. The van der Waals surface area contributed by atoms with Crippen LogP contribution in [-0.4, -0.2) is 23.0 Å². The van der Waals surface area contributed by atoms with Gasteiger partial charge in [0, 0.05) is 28.3 Å². The van der Waals surface area contributed by atoms with Gasteiger partial charge in [0.15, 0.2) is 0 Å². The lowest BCUT2D eigenvalue weighted by Gasteiger charge is -2.10. The third-order valence-electron chi connectivity index (χ3n) is 2.34. The van der Waals surface area contributed by atoms with E-state index in [2.05, 4.69) is 5.32 Å². The van der Waals surface area contributed by atoms with E-state index in [1.807, 2.05) is 19.1 Å². The zero-order valence-corrected chi connectivity index (χ0v) is 11.3. The number of carbonyl (C=O) groups is 2. The van der Waals surface area contributed by atoms with Crippen molar-refractivity contribution < 1.29 is 14.7 Å². The van der Waals surface area contributed by atoms with Crippen LogP contribution in [0.15, 0.2) is 18.2 Å². The summed E-state index contributed by atoms with van der Waals surface area (Å²) in [5.74, 6) is -1.04. The average Bonchev–Trinajstić information content (AvgIpc) is 2.70. The second-order valence-corrected chi connectivity index (χ2v) is 5.44. The Morgan fingerprint density at radius 2 is 2.22 bits per heavy atom. The lowest BCUT2D eigenvalue weighted by Crippen LogP contribution is -2.31. The molecule has 1 unspecified atom stereocenters. The van der Waals surface area contributed by atoms with E-state index in [0.29, 0.717) is 6.42 Å². The number of carboxylic acids is 1. The molecular weight excluding hydrogens is 250 g/mol. The Balaban J connectivity index is 2.37. The Labute approximate surface area is 110 Å². The first-order chi connectivity index (χ1) is 8.47. The smallest absolute Gasteiger partial charge is 0.303 e. The van der Waals surface area contributed by atoms with Crippen molar-refractivity contribution in [3.8, 4) is 0 Å². The van der Waals surface area contributed by atoms with Crippen molar-refractivity contribution in [2.45, 2.75) is 32.7 Å². The molecule has 1 heterocycles. The van der Waals surface area contributed by atoms with Gasteiger partial charge in [-0.2, -0.15) is 0 Å². The normalized spacial score (nSPS) is 12.6. The SMILES string of the molecule is Cc1ccc(C=CC(=O)NC(C)CCC(=O)O)s1. The number of aliphatic carboxylic acids is 1. The molecule has 0 radical (unpaired) electrons. The summed E-state index contributed by atoms with van der Waals surface area (Å²) in [7, 11) is 0. The highest BCUT2D eigenvalue weighted by Crippen LogP contribution is 2.16. The summed E-state index contributed by atoms with van der Waals surface area (Å²) in [5, 5.41) is 11.3. The molecule has 18 heavy (non-hydrogen) atoms. The van der Waals surface area contributed by atoms with Gasteiger partial charge in [-0.3, -0.25) is 9.59 Å². The largest absolute Gasteiger partial charge is 0.481 e. The van der Waals surface area contributed by atoms with Crippen LogP contribution in [0.4, 0.5) is 0 Å². The van der Waals surface area contributed by atoms with Crippen LogP contribution in [0, 0.1) is 6.92 Å². The molecule has 0 bridgehead atoms. The molecule has 0 aliphatic heterocycles. The van der Waals surface area contributed by atoms with E-state index < -0.39 is 5.97 Å². The average molecular weight is 267 g/mol. The maximum absolute atomic E-state index is 11.5. The van der Waals surface area contributed by atoms with E-state index in [4.69, 9.17) is 5.11 Å². The summed E-state index contributed by atoms with van der Waals surface area (Å²) >= 11 is 1.62. The minimum absolute atomic E-state index is 0.0648. The molecule has 0 saturated heterocycles. The summed E-state index contributed by atoms with van der Waals surface area (Å²) in [4.78, 5) is 24.1. The third-order valence-corrected chi connectivity index (χ3v) is 3.31. The Morgan fingerprint density at radius 1 is 1.50 bits per heavy atom. The second kappa shape index (κ2) is 6.96. The molecule has 1 aromatic heterocycles. The van der Waals surface area contributed by atoms with Crippen LogP contribution < -0.4 is 5.32 Å². The molecule has 1 aromatic rings. The number of nitrogens with one attached hydrogen (secondary N) is 1. The molecule has 0 aromatic carbocycles. The molecule has 0 aliphatic rings. The fourth-order valence-electron chi connectivity index (χ4n) is 1.40. The summed E-state index contributed by atoms with van der Waals surface area (Å²) < 4.78 is 0. The van der Waals surface area contributed by atoms with E-state index in [0.717, 1.165) is 4.88 Å². The van der Waals surface area contributed by atoms with Crippen molar-refractivity contribution in [2.75, 3.05) is 0 Å². The van der Waals surface area contributed by atoms with Gasteiger partial charge in [0.05, 0.1) is 0 Å². The van der Waals surface area contributed by atoms with E-state index in [-0.39, 0.29) is 18.4 Å². The van der Waals surface area contributed by atoms with E-state index in [1.54, 1.807) is 24.3 Å². The standard InChI is InChI=1S/C13H17NO3S/c1-9(3-8-13(16)17)14-12(15)7-6-11-5-4-10(2)18-11/h4-7,9H,3,8H2,1-2H3,(H,14,15)(H,16,17). The third kappa shape index (κ3) is 5.63. The predicted molar refractivity (Wildman–Crippen MR) is 72.6 cm³/mol. The second-order valence-electron chi connectivity index (χ2n) is 4.12. The van der Waals surface area contributed by atoms with Crippen LogP contribution in [0.2, 0.25) is 0 Å². The molecule has 5 heteroatoms. The first-order valence-electron chi connectivity index (χ1n) is 5.74. The minimum Gasteiger partial charge on any atom is -0.481 e. The number of rotatable bonds is 6. The van der Waals surface area contributed by atoms with Gasteiger partial charge in [0.2, 0.25) is 5.91 Å². The minimum atomic E-state index is -0.847. The Morgan fingerprint density at radius 3 is 2.78 bits per heavy atom. The number of amides is 1. The molecule has 0 aliphatic carbocycles. The van der Waals surface area contributed by atoms with Crippen LogP contribution in [0.5, 0.6) is 0 Å². The van der Waals surface area contributed by atoms with Gasteiger partial charge in [0.25, 0.3) is 0 Å². The molecule has 4 nitrogen and oxygen atoms in total. The number of aryl methyl sites for hydroxylation is 1. The lowest BCUT2D eigenvalue weighted by molar-refractivity contribution is -0.137. The number of thiophene rings is 1. The zero-order valence-electron chi connectivity index (χ0n) is 10.5. The molecule has 0 fully saturated rings. The summed E-state index contributed by atoms with van der Waals surface area (Å²) in [5.41, 5.74) is 0. The molecule has 98 valence electrons. The highest BCUT2D eigenvalue weighted by Gasteiger charge is 2.07. The van der Waals surface area contributed by atoms with Crippen LogP contribution in [0.25, 0.3) is 6.08 Å². The highest BCUT2D eigenvalue weighted by molar-refractivity contribution is 7.12. The van der Waals surface area contributed by atoms with Crippen molar-refractivity contribution in [1.82, 2.24) is 5.32 Å². The quantitative estimate of drug-likeness (QED) is 0.778. The summed E-state index contributed by atoms with van der Waals surface area (Å²) in [6.45, 7) is 3.81. The van der Waals surface area contributed by atoms with Gasteiger partial charge in [-0.1, -0.05) is 0 Å². The number of hydrogen-bond acceptors (Lipinski definition) is 3. The molecule has 0 saturated carbocycles. The molecular formula is C13H17NO3S. The first kappa shape index (κ1) is 14.4. The van der Waals surface area contributed by atoms with E-state index in [1.165, 1.54) is 11.0 Å². The topological polar surface area (TPSA) is 66.4 Å². The van der Waals surface area contributed by atoms with E-state index in [9.17, 15) is 9.59 Å². The van der Waals surface area contributed by atoms with Crippen LogP contribution in [0.3, 0.4) is 0 Å². The van der Waals surface area contributed by atoms with E-state index >= 15 is 0 Å². The Bertz CT molecular complexity index is 451. The molecule has 1 rings (SSSR count). The number of carbonyl (C=O) groups excluding carboxylic acids is 1. The van der Waals surface area contributed by atoms with Gasteiger partial charge in [-0.15, -0.1) is 11.3 Å². The first-order valence-corrected chi connectivity index (χ1v) is 6.56. The molecule has 1 amide bonds. The van der Waals surface area contributed by atoms with Crippen LogP contribution in [-0.2, 0) is 9.59 Å². The summed E-state index contributed by atoms with van der Waals surface area (Å²) in [6, 6.07) is 3.82. The fraction of sp³-hybridized carbons (Fsp3) is 0.385. The molecule has 0 spiro atoms. The Kier molecular flexibility index (Phi) is 5.58. The number of hydrogen-bond donors (Lipinski definition) is 2. The van der Waals surface area contributed by atoms with Gasteiger partial charge < -0.3 is 10.4 Å². The lowest BCUT2D eigenvalue weighted by atomic mass is 10.2. The van der Waals surface area contributed by atoms with Gasteiger partial charge in [0.1, 0.15) is 0 Å². The molecule has 2 N–H and O–H groups in total. The predicted octanol–water partition coefficient (Wildman–Crippen LogP) is 2.44. The van der Waals surface area contributed by atoms with Crippen molar-refractivity contribution in [1.29, 1.82) is 0 Å². The van der Waals surface area contributed by atoms with Crippen molar-refractivity contribution in [3.63, 3.8) is 0 Å². The van der Waals surface area contributed by atoms with Gasteiger partial charge in [-0.25, -0.2) is 0 Å². The monoisotopic (exact) mass is 267 g/mol. The van der Waals surface area contributed by atoms with Crippen molar-refractivity contribution >= 4 is 29.3 Å². The van der Waals surface area contributed by atoms with Crippen LogP contribution in [0.1, 0.15) is 29.5 Å². The summed E-state index contributed by atoms with van der Waals surface area (Å²) in [6.07, 6.45) is 3.74. The maximum Gasteiger partial charge on any atom is 0.303 e. The van der Waals surface area contributed by atoms with Crippen LogP contribution >= 0.6 is 11.3 Å². The van der Waals surface area contributed by atoms with Crippen molar-refractivity contribution in [2.24, 2.45) is 0 Å². The Hall–Kier alpha value is -1.62. The van der Waals surface area contributed by atoms with Gasteiger partial charge >= 0.3 is 5.97 Å². The maximum atomic E-state index is 11.5. The van der Waals surface area contributed by atoms with Gasteiger partial charge in [-0.05, 0) is 38.5 Å². The molecule has 1 atom stereocenters. The highest BCUT2D eigenvalue weighted by atomic mass is 32.1. The van der Waals surface area contributed by atoms with Crippen molar-refractivity contribution in [3.05, 3.63) is 28.0 Å². The number of carboxylic acid groups (broad SMARTS) is 1. The fourth-order valence-corrected chi connectivity index (χ4v) is 2.18.